The molecule has 1 aliphatic heterocycles. The topological polar surface area (TPSA) is 89.8 Å². The van der Waals surface area contributed by atoms with Crippen LogP contribution in [0.25, 0.3) is 10.2 Å². The van der Waals surface area contributed by atoms with Crippen LogP contribution in [0.5, 0.6) is 0 Å². The number of anilines is 1. The summed E-state index contributed by atoms with van der Waals surface area (Å²) >= 11 is 1.52. The van der Waals surface area contributed by atoms with E-state index in [1.54, 1.807) is 12.1 Å². The summed E-state index contributed by atoms with van der Waals surface area (Å²) in [5, 5.41) is 10.4. The van der Waals surface area contributed by atoms with Gasteiger partial charge in [0.15, 0.2) is 11.7 Å². The molecule has 0 unspecified atom stereocenters. The standard InChI is InChI=1S/C24H24N4O2S/c25-14-18(21(29)15-8-10-16(11-9-15)28-12-4-1-5-13-28)22-26-23(30)20-17-6-2-3-7-19(17)31-24(20)27-22/h8-11,18H,1-7,12-13H2,(H,26,27,30)/t18-/m1/s1. The normalized spacial score (nSPS) is 17.2. The molecule has 158 valence electrons. The molecule has 5 rings (SSSR count). The quantitative estimate of drug-likeness (QED) is 0.619. The minimum Gasteiger partial charge on any atom is -0.372 e. The number of thiophene rings is 1. The number of ketones is 1. The van der Waals surface area contributed by atoms with E-state index in [2.05, 4.69) is 20.9 Å². The molecule has 0 spiro atoms. The third-order valence-electron chi connectivity index (χ3n) is 6.38. The Morgan fingerprint density at radius 2 is 1.84 bits per heavy atom. The van der Waals surface area contributed by atoms with Crippen molar-refractivity contribution in [3.05, 3.63) is 56.4 Å². The third-order valence-corrected chi connectivity index (χ3v) is 7.57. The molecule has 0 bridgehead atoms. The summed E-state index contributed by atoms with van der Waals surface area (Å²) in [4.78, 5) is 37.4. The molecule has 0 radical (unpaired) electrons. The molecule has 0 saturated carbocycles. The summed E-state index contributed by atoms with van der Waals surface area (Å²) < 4.78 is 0. The molecule has 2 aliphatic rings. The van der Waals surface area contributed by atoms with Crippen molar-refractivity contribution >= 4 is 33.0 Å². The largest absolute Gasteiger partial charge is 0.372 e. The zero-order chi connectivity index (χ0) is 21.4. The number of nitriles is 1. The first-order valence-electron chi connectivity index (χ1n) is 11.0. The van der Waals surface area contributed by atoms with Gasteiger partial charge in [-0.3, -0.25) is 9.59 Å². The first-order chi connectivity index (χ1) is 15.2. The van der Waals surface area contributed by atoms with Crippen molar-refractivity contribution in [2.75, 3.05) is 18.0 Å². The highest BCUT2D eigenvalue weighted by Crippen LogP contribution is 2.34. The fourth-order valence-corrected chi connectivity index (χ4v) is 5.99. The van der Waals surface area contributed by atoms with E-state index in [-0.39, 0.29) is 17.2 Å². The van der Waals surface area contributed by atoms with Gasteiger partial charge in [0.05, 0.1) is 11.5 Å². The summed E-state index contributed by atoms with van der Waals surface area (Å²) in [7, 11) is 0. The molecule has 1 N–H and O–H groups in total. The van der Waals surface area contributed by atoms with E-state index in [4.69, 9.17) is 0 Å². The highest BCUT2D eigenvalue weighted by Gasteiger charge is 2.27. The second-order valence-electron chi connectivity index (χ2n) is 8.36. The van der Waals surface area contributed by atoms with E-state index in [0.717, 1.165) is 50.0 Å². The molecule has 2 aromatic heterocycles. The van der Waals surface area contributed by atoms with Gasteiger partial charge >= 0.3 is 0 Å². The number of hydrogen-bond donors (Lipinski definition) is 1. The molecule has 1 saturated heterocycles. The van der Waals surface area contributed by atoms with E-state index in [1.165, 1.54) is 35.5 Å². The maximum absolute atomic E-state index is 13.1. The second-order valence-corrected chi connectivity index (χ2v) is 9.45. The van der Waals surface area contributed by atoms with Crippen molar-refractivity contribution in [3.63, 3.8) is 0 Å². The lowest BCUT2D eigenvalue weighted by Crippen LogP contribution is -2.29. The Kier molecular flexibility index (Phi) is 5.33. The van der Waals surface area contributed by atoms with E-state index in [9.17, 15) is 14.9 Å². The van der Waals surface area contributed by atoms with Gasteiger partial charge < -0.3 is 9.88 Å². The van der Waals surface area contributed by atoms with E-state index >= 15 is 0 Å². The Morgan fingerprint density at radius 1 is 1.10 bits per heavy atom. The van der Waals surface area contributed by atoms with Crippen LogP contribution in [0.4, 0.5) is 5.69 Å². The number of nitrogens with one attached hydrogen (secondary N) is 1. The first-order valence-corrected chi connectivity index (χ1v) is 11.8. The predicted octanol–water partition coefficient (Wildman–Crippen LogP) is 4.34. The van der Waals surface area contributed by atoms with Gasteiger partial charge in [-0.1, -0.05) is 0 Å². The van der Waals surface area contributed by atoms with Crippen molar-refractivity contribution in [2.45, 2.75) is 50.9 Å². The van der Waals surface area contributed by atoms with Crippen molar-refractivity contribution in [2.24, 2.45) is 0 Å². The molecule has 31 heavy (non-hydrogen) atoms. The number of rotatable bonds is 4. The third kappa shape index (κ3) is 3.66. The molecule has 1 aromatic carbocycles. The number of piperidine rings is 1. The zero-order valence-electron chi connectivity index (χ0n) is 17.3. The lowest BCUT2D eigenvalue weighted by Gasteiger charge is -2.28. The van der Waals surface area contributed by atoms with Crippen molar-refractivity contribution in [1.29, 1.82) is 5.26 Å². The number of aromatic amines is 1. The average Bonchev–Trinajstić information content (AvgIpc) is 3.19. The van der Waals surface area contributed by atoms with Gasteiger partial charge in [0.2, 0.25) is 0 Å². The van der Waals surface area contributed by atoms with Crippen molar-refractivity contribution in [1.82, 2.24) is 9.97 Å². The van der Waals surface area contributed by atoms with Crippen LogP contribution in [0, 0.1) is 11.3 Å². The van der Waals surface area contributed by atoms with Gasteiger partial charge in [-0.05, 0) is 74.8 Å². The Hall–Kier alpha value is -2.98. The number of Topliss-reactive ketones (excluding diaryl/α,β-unsaturated/α-hetero) is 1. The monoisotopic (exact) mass is 432 g/mol. The summed E-state index contributed by atoms with van der Waals surface area (Å²) in [6.45, 7) is 2.06. The Morgan fingerprint density at radius 3 is 2.58 bits per heavy atom. The molecule has 1 atom stereocenters. The van der Waals surface area contributed by atoms with Crippen LogP contribution in [0.1, 0.15) is 64.6 Å². The number of H-pyrrole nitrogens is 1. The maximum atomic E-state index is 13.1. The number of nitrogens with zero attached hydrogens (tertiary/aromatic N) is 3. The van der Waals surface area contributed by atoms with Gasteiger partial charge in [0, 0.05) is 29.2 Å². The van der Waals surface area contributed by atoms with Gasteiger partial charge in [0.1, 0.15) is 10.7 Å². The Balaban J connectivity index is 1.45. The van der Waals surface area contributed by atoms with Crippen LogP contribution >= 0.6 is 11.3 Å². The molecule has 7 heteroatoms. The highest BCUT2D eigenvalue weighted by molar-refractivity contribution is 7.18. The van der Waals surface area contributed by atoms with Gasteiger partial charge in [-0.25, -0.2) is 4.98 Å². The number of aryl methyl sites for hydroxylation is 2. The molecule has 3 aromatic rings. The number of hydrogen-bond acceptors (Lipinski definition) is 6. The van der Waals surface area contributed by atoms with Gasteiger partial charge in [0.25, 0.3) is 5.56 Å². The molecular weight excluding hydrogens is 408 g/mol. The fraction of sp³-hybridized carbons (Fsp3) is 0.417. The smallest absolute Gasteiger partial charge is 0.259 e. The lowest BCUT2D eigenvalue weighted by atomic mass is 9.96. The minimum atomic E-state index is -1.13. The summed E-state index contributed by atoms with van der Waals surface area (Å²) in [6, 6.07) is 9.50. The molecule has 1 aliphatic carbocycles. The summed E-state index contributed by atoms with van der Waals surface area (Å²) in [6.07, 6.45) is 7.69. The number of carbonyl (C=O) groups excluding carboxylic acids is 1. The van der Waals surface area contributed by atoms with Crippen LogP contribution in [0.3, 0.4) is 0 Å². The molecule has 3 heterocycles. The maximum Gasteiger partial charge on any atom is 0.259 e. The summed E-state index contributed by atoms with van der Waals surface area (Å²) in [5.74, 6) is -1.32. The van der Waals surface area contributed by atoms with E-state index in [0.29, 0.717) is 15.8 Å². The van der Waals surface area contributed by atoms with Crippen molar-refractivity contribution < 1.29 is 4.79 Å². The lowest BCUT2D eigenvalue weighted by molar-refractivity contribution is 0.0976. The fourth-order valence-electron chi connectivity index (χ4n) is 4.72. The highest BCUT2D eigenvalue weighted by atomic mass is 32.1. The molecule has 1 fully saturated rings. The number of carbonyl (C=O) groups is 1. The zero-order valence-corrected chi connectivity index (χ0v) is 18.1. The molecule has 6 nitrogen and oxygen atoms in total. The predicted molar refractivity (Wildman–Crippen MR) is 122 cm³/mol. The Bertz CT molecular complexity index is 1230. The second kappa shape index (κ2) is 8.27. The number of aromatic nitrogens is 2. The summed E-state index contributed by atoms with van der Waals surface area (Å²) in [5.41, 5.74) is 2.41. The Labute approximate surface area is 184 Å². The van der Waals surface area contributed by atoms with Crippen LogP contribution in [-0.2, 0) is 12.8 Å². The van der Waals surface area contributed by atoms with Crippen molar-refractivity contribution in [3.8, 4) is 6.07 Å². The molecular formula is C24H24N4O2S. The SMILES string of the molecule is N#C[C@H](C(=O)c1ccc(N2CCCCC2)cc1)c1nc2sc3c(c2c(=O)[nH]1)CCCC3. The van der Waals surface area contributed by atoms with Gasteiger partial charge in [-0.15, -0.1) is 11.3 Å². The minimum absolute atomic E-state index is 0.142. The van der Waals surface area contributed by atoms with Crippen LogP contribution in [-0.4, -0.2) is 28.8 Å². The number of fused-ring (bicyclic) bond motifs is 3. The van der Waals surface area contributed by atoms with Crippen LogP contribution < -0.4 is 10.5 Å². The number of benzene rings is 1. The van der Waals surface area contributed by atoms with Crippen LogP contribution in [0.2, 0.25) is 0 Å². The van der Waals surface area contributed by atoms with E-state index < -0.39 is 5.92 Å². The first kappa shape index (κ1) is 20.0. The van der Waals surface area contributed by atoms with Gasteiger partial charge in [-0.2, -0.15) is 5.26 Å². The van der Waals surface area contributed by atoms with Crippen LogP contribution in [0.15, 0.2) is 29.1 Å². The average molecular weight is 433 g/mol. The molecule has 0 amide bonds. The van der Waals surface area contributed by atoms with E-state index in [1.807, 2.05) is 12.1 Å².